The SMILES string of the molecule is Cc1c(C(=O)O)sc2nc(C3CCC3)[nH]c(=O)c12. The molecule has 0 aromatic carbocycles. The fourth-order valence-electron chi connectivity index (χ4n) is 2.24. The van der Waals surface area contributed by atoms with Gasteiger partial charge < -0.3 is 10.1 Å². The number of aromatic nitrogens is 2. The van der Waals surface area contributed by atoms with Crippen LogP contribution in [0.15, 0.2) is 4.79 Å². The van der Waals surface area contributed by atoms with E-state index in [0.717, 1.165) is 30.6 Å². The molecule has 2 N–H and O–H groups in total. The molecule has 0 unspecified atom stereocenters. The molecule has 2 aromatic rings. The number of nitrogens with one attached hydrogen (secondary N) is 1. The number of hydrogen-bond acceptors (Lipinski definition) is 4. The van der Waals surface area contributed by atoms with E-state index in [4.69, 9.17) is 5.11 Å². The summed E-state index contributed by atoms with van der Waals surface area (Å²) >= 11 is 1.08. The third kappa shape index (κ3) is 1.56. The first kappa shape index (κ1) is 11.4. The van der Waals surface area contributed by atoms with Gasteiger partial charge in [0.1, 0.15) is 15.5 Å². The van der Waals surface area contributed by atoms with E-state index in [1.54, 1.807) is 6.92 Å². The first-order chi connectivity index (χ1) is 8.58. The fourth-order valence-corrected chi connectivity index (χ4v) is 3.27. The molecule has 0 saturated heterocycles. The zero-order valence-corrected chi connectivity index (χ0v) is 10.6. The van der Waals surface area contributed by atoms with Gasteiger partial charge in [0, 0.05) is 5.92 Å². The molecule has 94 valence electrons. The minimum Gasteiger partial charge on any atom is -0.477 e. The van der Waals surface area contributed by atoms with Crippen LogP contribution in [0.2, 0.25) is 0 Å². The van der Waals surface area contributed by atoms with Crippen molar-refractivity contribution in [3.05, 3.63) is 26.6 Å². The lowest BCUT2D eigenvalue weighted by atomic mass is 9.85. The average molecular weight is 264 g/mol. The smallest absolute Gasteiger partial charge is 0.346 e. The monoisotopic (exact) mass is 264 g/mol. The number of aromatic carboxylic acids is 1. The summed E-state index contributed by atoms with van der Waals surface area (Å²) in [4.78, 5) is 31.0. The molecule has 1 aliphatic carbocycles. The Balaban J connectivity index is 2.24. The summed E-state index contributed by atoms with van der Waals surface area (Å²) in [6, 6.07) is 0. The second-order valence-corrected chi connectivity index (χ2v) is 5.62. The van der Waals surface area contributed by atoms with Crippen molar-refractivity contribution in [2.75, 3.05) is 0 Å². The molecule has 1 saturated carbocycles. The molecule has 18 heavy (non-hydrogen) atoms. The van der Waals surface area contributed by atoms with Crippen LogP contribution in [0, 0.1) is 6.92 Å². The van der Waals surface area contributed by atoms with E-state index in [9.17, 15) is 9.59 Å². The van der Waals surface area contributed by atoms with E-state index in [-0.39, 0.29) is 10.4 Å². The molecule has 0 atom stereocenters. The Kier molecular flexibility index (Phi) is 2.48. The maximum Gasteiger partial charge on any atom is 0.346 e. The van der Waals surface area contributed by atoms with Gasteiger partial charge in [-0.05, 0) is 25.3 Å². The van der Waals surface area contributed by atoms with Gasteiger partial charge in [-0.25, -0.2) is 9.78 Å². The van der Waals surface area contributed by atoms with Gasteiger partial charge in [-0.1, -0.05) is 6.42 Å². The van der Waals surface area contributed by atoms with E-state index < -0.39 is 5.97 Å². The van der Waals surface area contributed by atoms with Crippen LogP contribution in [-0.4, -0.2) is 21.0 Å². The van der Waals surface area contributed by atoms with Gasteiger partial charge in [0.05, 0.1) is 5.39 Å². The number of aromatic amines is 1. The number of carboxylic acid groups (broad SMARTS) is 1. The summed E-state index contributed by atoms with van der Waals surface area (Å²) in [5, 5.41) is 9.48. The lowest BCUT2D eigenvalue weighted by Gasteiger charge is -2.23. The zero-order valence-electron chi connectivity index (χ0n) is 9.82. The molecule has 2 heterocycles. The summed E-state index contributed by atoms with van der Waals surface area (Å²) in [6.07, 6.45) is 3.26. The van der Waals surface area contributed by atoms with Crippen molar-refractivity contribution in [1.82, 2.24) is 9.97 Å². The highest BCUT2D eigenvalue weighted by molar-refractivity contribution is 7.20. The number of carbonyl (C=O) groups is 1. The van der Waals surface area contributed by atoms with Gasteiger partial charge in [-0.15, -0.1) is 11.3 Å². The van der Waals surface area contributed by atoms with Crippen molar-refractivity contribution in [2.24, 2.45) is 0 Å². The van der Waals surface area contributed by atoms with Gasteiger partial charge in [0.15, 0.2) is 0 Å². The molecule has 0 radical (unpaired) electrons. The first-order valence-corrected chi connectivity index (χ1v) is 6.66. The highest BCUT2D eigenvalue weighted by Crippen LogP contribution is 2.35. The first-order valence-electron chi connectivity index (χ1n) is 5.84. The van der Waals surface area contributed by atoms with Crippen LogP contribution in [0.4, 0.5) is 0 Å². The molecule has 1 fully saturated rings. The predicted molar refractivity (Wildman–Crippen MR) is 68.5 cm³/mol. The van der Waals surface area contributed by atoms with E-state index in [2.05, 4.69) is 9.97 Å². The van der Waals surface area contributed by atoms with Crippen LogP contribution in [0.3, 0.4) is 0 Å². The molecular weight excluding hydrogens is 252 g/mol. The Hall–Kier alpha value is -1.69. The Bertz CT molecular complexity index is 697. The van der Waals surface area contributed by atoms with Crippen molar-refractivity contribution in [3.63, 3.8) is 0 Å². The number of carboxylic acids is 1. The molecule has 3 rings (SSSR count). The van der Waals surface area contributed by atoms with Crippen LogP contribution in [-0.2, 0) is 0 Å². The van der Waals surface area contributed by atoms with Crippen molar-refractivity contribution in [3.8, 4) is 0 Å². The zero-order chi connectivity index (χ0) is 12.9. The maximum atomic E-state index is 12.0. The van der Waals surface area contributed by atoms with Crippen molar-refractivity contribution < 1.29 is 9.90 Å². The third-order valence-electron chi connectivity index (χ3n) is 3.50. The number of fused-ring (bicyclic) bond motifs is 1. The van der Waals surface area contributed by atoms with Crippen molar-refractivity contribution in [2.45, 2.75) is 32.1 Å². The third-order valence-corrected chi connectivity index (χ3v) is 4.68. The molecule has 1 aliphatic rings. The highest BCUT2D eigenvalue weighted by atomic mass is 32.1. The molecule has 2 aromatic heterocycles. The van der Waals surface area contributed by atoms with Gasteiger partial charge in [-0.2, -0.15) is 0 Å². The minimum atomic E-state index is -1.000. The summed E-state index contributed by atoms with van der Waals surface area (Å²) in [7, 11) is 0. The number of thiophene rings is 1. The maximum absolute atomic E-state index is 12.0. The average Bonchev–Trinajstić information content (AvgIpc) is 2.53. The van der Waals surface area contributed by atoms with E-state index in [1.165, 1.54) is 0 Å². The Morgan fingerprint density at radius 2 is 2.22 bits per heavy atom. The summed E-state index contributed by atoms with van der Waals surface area (Å²) in [5.41, 5.74) is 0.291. The van der Waals surface area contributed by atoms with Gasteiger partial charge in [-0.3, -0.25) is 4.79 Å². The molecular formula is C12H12N2O3S. The van der Waals surface area contributed by atoms with Crippen molar-refractivity contribution >= 4 is 27.5 Å². The molecule has 0 spiro atoms. The number of rotatable bonds is 2. The van der Waals surface area contributed by atoms with Gasteiger partial charge >= 0.3 is 5.97 Å². The van der Waals surface area contributed by atoms with Crippen molar-refractivity contribution in [1.29, 1.82) is 0 Å². The molecule has 0 amide bonds. The standard InChI is InChI=1S/C12H12N2O3S/c1-5-7-10(15)13-9(6-3-2-4-6)14-11(7)18-8(5)12(16)17/h6H,2-4H2,1H3,(H,16,17)(H,13,14,15). The largest absolute Gasteiger partial charge is 0.477 e. The number of nitrogens with zero attached hydrogens (tertiary/aromatic N) is 1. The second kappa shape index (κ2) is 3.91. The Morgan fingerprint density at radius 1 is 1.50 bits per heavy atom. The summed E-state index contributed by atoms with van der Waals surface area (Å²) in [6.45, 7) is 1.65. The lowest BCUT2D eigenvalue weighted by Crippen LogP contribution is -2.18. The molecule has 0 aliphatic heterocycles. The Morgan fingerprint density at radius 3 is 2.78 bits per heavy atom. The summed E-state index contributed by atoms with van der Waals surface area (Å²) < 4.78 is 0. The second-order valence-electron chi connectivity index (χ2n) is 4.62. The van der Waals surface area contributed by atoms with Gasteiger partial charge in [0.2, 0.25) is 0 Å². The van der Waals surface area contributed by atoms with Crippen LogP contribution in [0.5, 0.6) is 0 Å². The Labute approximate surface area is 106 Å². The van der Waals surface area contributed by atoms with Crippen LogP contribution in [0.25, 0.3) is 10.2 Å². The van der Waals surface area contributed by atoms with E-state index in [0.29, 0.717) is 27.5 Å². The highest BCUT2D eigenvalue weighted by Gasteiger charge is 2.24. The molecule has 0 bridgehead atoms. The normalized spacial score (nSPS) is 15.8. The number of aryl methyl sites for hydroxylation is 1. The number of H-pyrrole nitrogens is 1. The molecule has 6 heteroatoms. The van der Waals surface area contributed by atoms with Gasteiger partial charge in [0.25, 0.3) is 5.56 Å². The summed E-state index contributed by atoms with van der Waals surface area (Å²) in [5.74, 6) is 0.0369. The van der Waals surface area contributed by atoms with Crippen LogP contribution >= 0.6 is 11.3 Å². The topological polar surface area (TPSA) is 83.0 Å². The van der Waals surface area contributed by atoms with E-state index in [1.807, 2.05) is 0 Å². The van der Waals surface area contributed by atoms with Crippen LogP contribution < -0.4 is 5.56 Å². The minimum absolute atomic E-state index is 0.203. The molecule has 5 nitrogen and oxygen atoms in total. The van der Waals surface area contributed by atoms with E-state index >= 15 is 0 Å². The lowest BCUT2D eigenvalue weighted by molar-refractivity contribution is 0.0701. The van der Waals surface area contributed by atoms with Crippen LogP contribution in [0.1, 0.15) is 46.2 Å². The fraction of sp³-hybridized carbons (Fsp3) is 0.417. The number of hydrogen-bond donors (Lipinski definition) is 2. The quantitative estimate of drug-likeness (QED) is 0.871. The predicted octanol–water partition coefficient (Wildman–Crippen LogP) is 2.26.